The highest BCUT2D eigenvalue weighted by Crippen LogP contribution is 2.35. The highest BCUT2D eigenvalue weighted by atomic mass is 28.3. The van der Waals surface area contributed by atoms with E-state index in [4.69, 9.17) is 11.2 Å². The first-order valence-electron chi connectivity index (χ1n) is 4.68. The number of ether oxygens (including phenoxy) is 1. The summed E-state index contributed by atoms with van der Waals surface area (Å²) in [5, 5.41) is 9.61. The van der Waals surface area contributed by atoms with Gasteiger partial charge in [-0.25, -0.2) is 0 Å². The van der Waals surface area contributed by atoms with Crippen LogP contribution in [0.25, 0.3) is 0 Å². The van der Waals surface area contributed by atoms with Gasteiger partial charge in [-0.15, -0.1) is 12.3 Å². The zero-order valence-electron chi connectivity index (χ0n) is 8.78. The zero-order valence-corrected chi connectivity index (χ0v) is 9.78. The number of carbonyl (C=O) groups is 1. The Bertz CT molecular complexity index is 274. The molecule has 78 valence electrons. The lowest BCUT2D eigenvalue weighted by Gasteiger charge is -2.28. The van der Waals surface area contributed by atoms with Gasteiger partial charge < -0.3 is 9.84 Å². The quantitative estimate of drug-likeness (QED) is 0.419. The van der Waals surface area contributed by atoms with Crippen molar-refractivity contribution in [1.29, 1.82) is 0 Å². The van der Waals surface area contributed by atoms with E-state index in [9.17, 15) is 9.90 Å². The van der Waals surface area contributed by atoms with E-state index in [0.29, 0.717) is 0 Å². The molecule has 0 aromatic heterocycles. The van der Waals surface area contributed by atoms with E-state index in [1.807, 2.05) is 0 Å². The van der Waals surface area contributed by atoms with Crippen LogP contribution in [0, 0.1) is 18.3 Å². The number of hydrogen-bond acceptors (Lipinski definition) is 3. The van der Waals surface area contributed by atoms with Crippen molar-refractivity contribution >= 4 is 14.0 Å². The minimum atomic E-state index is -1.63. The summed E-state index contributed by atoms with van der Waals surface area (Å²) in [6, 6.07) is 0. The Hall–Kier alpha value is -0.793. The van der Waals surface area contributed by atoms with Crippen molar-refractivity contribution in [2.75, 3.05) is 6.61 Å². The fraction of sp³-hybridized carbons (Fsp3) is 0.700. The highest BCUT2D eigenvalue weighted by molar-refractivity contribution is 6.78. The maximum absolute atomic E-state index is 11.4. The number of rotatable bonds is 2. The molecular formula is C10H16O3Si. The van der Waals surface area contributed by atoms with Gasteiger partial charge in [0.1, 0.15) is 12.7 Å². The zero-order chi connectivity index (χ0) is 10.9. The Labute approximate surface area is 85.5 Å². The van der Waals surface area contributed by atoms with Gasteiger partial charge in [-0.3, -0.25) is 4.79 Å². The predicted octanol–water partition coefficient (Wildman–Crippen LogP) is 0.862. The molecule has 0 amide bonds. The van der Waals surface area contributed by atoms with Crippen LogP contribution in [0.2, 0.25) is 25.2 Å². The van der Waals surface area contributed by atoms with Crippen LogP contribution in [0.15, 0.2) is 0 Å². The van der Waals surface area contributed by atoms with Crippen LogP contribution >= 0.6 is 0 Å². The highest BCUT2D eigenvalue weighted by Gasteiger charge is 2.45. The molecular weight excluding hydrogens is 196 g/mol. The summed E-state index contributed by atoms with van der Waals surface area (Å²) in [4.78, 5) is 11.4. The van der Waals surface area contributed by atoms with Crippen molar-refractivity contribution in [3.8, 4) is 12.3 Å². The van der Waals surface area contributed by atoms with Crippen LogP contribution in [0.5, 0.6) is 0 Å². The van der Waals surface area contributed by atoms with E-state index in [0.717, 1.165) is 0 Å². The Balaban J connectivity index is 2.91. The number of cyclic esters (lactones) is 1. The van der Waals surface area contributed by atoms with Crippen molar-refractivity contribution in [1.82, 2.24) is 0 Å². The SMILES string of the molecule is C#CC(C1C(=O)OCC1O)[Si](C)(C)C. The molecule has 0 bridgehead atoms. The van der Waals surface area contributed by atoms with Gasteiger partial charge in [-0.2, -0.15) is 0 Å². The summed E-state index contributed by atoms with van der Waals surface area (Å²) in [6.45, 7) is 6.37. The minimum Gasteiger partial charge on any atom is -0.463 e. The van der Waals surface area contributed by atoms with E-state index in [-0.39, 0.29) is 18.1 Å². The van der Waals surface area contributed by atoms with Crippen molar-refractivity contribution in [3.63, 3.8) is 0 Å². The third-order valence-corrected chi connectivity index (χ3v) is 4.95. The minimum absolute atomic E-state index is 0.0894. The molecule has 1 fully saturated rings. The van der Waals surface area contributed by atoms with Gasteiger partial charge >= 0.3 is 5.97 Å². The lowest BCUT2D eigenvalue weighted by molar-refractivity contribution is -0.141. The Morgan fingerprint density at radius 1 is 1.64 bits per heavy atom. The van der Waals surface area contributed by atoms with Gasteiger partial charge in [0.15, 0.2) is 0 Å². The van der Waals surface area contributed by atoms with Crippen molar-refractivity contribution in [2.24, 2.45) is 5.92 Å². The molecule has 14 heavy (non-hydrogen) atoms. The van der Waals surface area contributed by atoms with Gasteiger partial charge in [-0.05, 0) is 0 Å². The Morgan fingerprint density at radius 3 is 2.50 bits per heavy atom. The lowest BCUT2D eigenvalue weighted by atomic mass is 10.0. The van der Waals surface area contributed by atoms with Gasteiger partial charge in [0, 0.05) is 5.54 Å². The van der Waals surface area contributed by atoms with Crippen LogP contribution in [0.1, 0.15) is 0 Å². The topological polar surface area (TPSA) is 46.5 Å². The molecule has 0 spiro atoms. The molecule has 1 aliphatic rings. The summed E-state index contributed by atoms with van der Waals surface area (Å²) in [7, 11) is -1.63. The molecule has 3 unspecified atom stereocenters. The molecule has 0 saturated carbocycles. The van der Waals surface area contributed by atoms with Gasteiger partial charge in [0.25, 0.3) is 0 Å². The number of esters is 1. The van der Waals surface area contributed by atoms with Crippen molar-refractivity contribution in [3.05, 3.63) is 0 Å². The molecule has 0 aromatic carbocycles. The fourth-order valence-electron chi connectivity index (χ4n) is 1.78. The van der Waals surface area contributed by atoms with E-state index in [1.165, 1.54) is 0 Å². The molecule has 0 aliphatic carbocycles. The number of hydrogen-bond donors (Lipinski definition) is 1. The Morgan fingerprint density at radius 2 is 2.21 bits per heavy atom. The van der Waals surface area contributed by atoms with Gasteiger partial charge in [0.2, 0.25) is 0 Å². The van der Waals surface area contributed by atoms with E-state index >= 15 is 0 Å². The summed E-state index contributed by atoms with van der Waals surface area (Å²) in [5.74, 6) is 1.79. The first-order valence-corrected chi connectivity index (χ1v) is 8.26. The van der Waals surface area contributed by atoms with Crippen LogP contribution in [-0.4, -0.2) is 31.9 Å². The van der Waals surface area contributed by atoms with Crippen molar-refractivity contribution < 1.29 is 14.6 Å². The summed E-state index contributed by atoms with van der Waals surface area (Å²) in [5.41, 5.74) is -0.146. The maximum Gasteiger partial charge on any atom is 0.312 e. The summed E-state index contributed by atoms with van der Waals surface area (Å²) >= 11 is 0. The van der Waals surface area contributed by atoms with Crippen molar-refractivity contribution in [2.45, 2.75) is 31.3 Å². The summed E-state index contributed by atoms with van der Waals surface area (Å²) < 4.78 is 4.79. The first-order chi connectivity index (χ1) is 6.38. The second kappa shape index (κ2) is 3.75. The molecule has 0 aromatic rings. The van der Waals surface area contributed by atoms with Crippen LogP contribution in [-0.2, 0) is 9.53 Å². The normalized spacial score (nSPS) is 29.5. The average molecular weight is 212 g/mol. The molecule has 3 nitrogen and oxygen atoms in total. The fourth-order valence-corrected chi connectivity index (χ4v) is 3.71. The molecule has 3 atom stereocenters. The molecule has 4 heteroatoms. The number of aliphatic hydroxyl groups excluding tert-OH is 1. The predicted molar refractivity (Wildman–Crippen MR) is 56.4 cm³/mol. The standard InChI is InChI=1S/C10H16O3Si/c1-5-8(14(2,3)4)9-7(11)6-13-10(9)12/h1,7-9,11H,6H2,2-4H3. The average Bonchev–Trinajstić information content (AvgIpc) is 2.34. The largest absolute Gasteiger partial charge is 0.463 e. The number of carbonyl (C=O) groups excluding carboxylic acids is 1. The van der Waals surface area contributed by atoms with Crippen LogP contribution < -0.4 is 0 Å². The van der Waals surface area contributed by atoms with Crippen LogP contribution in [0.3, 0.4) is 0 Å². The van der Waals surface area contributed by atoms with E-state index in [2.05, 4.69) is 25.6 Å². The van der Waals surface area contributed by atoms with E-state index < -0.39 is 20.1 Å². The van der Waals surface area contributed by atoms with Gasteiger partial charge in [0.05, 0.1) is 14.0 Å². The third-order valence-electron chi connectivity index (χ3n) is 2.55. The smallest absolute Gasteiger partial charge is 0.312 e. The summed E-state index contributed by atoms with van der Waals surface area (Å²) in [6.07, 6.45) is 4.70. The monoisotopic (exact) mass is 212 g/mol. The van der Waals surface area contributed by atoms with E-state index in [1.54, 1.807) is 0 Å². The van der Waals surface area contributed by atoms with Crippen LogP contribution in [0.4, 0.5) is 0 Å². The number of terminal acetylenes is 1. The second-order valence-electron chi connectivity index (χ2n) is 4.73. The molecule has 1 saturated heterocycles. The molecule has 1 rings (SSSR count). The molecule has 0 radical (unpaired) electrons. The Kier molecular flexibility index (Phi) is 3.03. The first kappa shape index (κ1) is 11.3. The lowest BCUT2D eigenvalue weighted by Crippen LogP contribution is -2.38. The molecule has 1 N–H and O–H groups in total. The number of aliphatic hydroxyl groups is 1. The van der Waals surface area contributed by atoms with Gasteiger partial charge in [-0.1, -0.05) is 19.6 Å². The maximum atomic E-state index is 11.4. The molecule has 1 heterocycles. The molecule has 1 aliphatic heterocycles. The second-order valence-corrected chi connectivity index (χ2v) is 10.1. The third kappa shape index (κ3) is 1.99.